The van der Waals surface area contributed by atoms with E-state index in [2.05, 4.69) is 222 Å². The minimum absolute atomic E-state index is 0.0463. The zero-order valence-electron chi connectivity index (χ0n) is 40.8. The molecule has 0 saturated heterocycles. The Hall–Kier alpha value is -4.10. The third-order valence-electron chi connectivity index (χ3n) is 14.1. The van der Waals surface area contributed by atoms with Crippen LogP contribution in [0.5, 0.6) is 0 Å². The second-order valence-electron chi connectivity index (χ2n) is 23.0. The fourth-order valence-electron chi connectivity index (χ4n) is 12.0. The number of allylic oxidation sites excluding steroid dienone is 2. The van der Waals surface area contributed by atoms with Gasteiger partial charge in [0.1, 0.15) is 0 Å². The molecule has 0 nitrogen and oxygen atoms in total. The standard InChI is InChI=1S/2C29H31.2CH3.H2Si.Zr/c2*1-18-10-19(2)13-22(12-18)25-8-9-26(23-14-20(3)11-21(4)15-23)28-17-24(16-27(25)28)29(5,6)7;;;;/h2*8-17H,1-7H3;2*1H3;1H2;. The number of fused-ring (bicyclic) bond motifs is 2. The SMILES string of the molecule is Cc1cc(C)cc(-c2ccc(-c3cc(C)cc(C)c3)c3c2C=C(C(C)(C)C)[CH]3[Zr]([CH3])([CH3])(=[SiH2])[CH]2C(C(C)(C)C)=Cc3c(-c4cc(C)cc(C)c4)ccc(-c4cc(C)cc(C)c4)c32)c1. The van der Waals surface area contributed by atoms with E-state index in [1.165, 1.54) is 100 Å². The van der Waals surface area contributed by atoms with Crippen LogP contribution in [0.15, 0.2) is 108 Å². The molecule has 2 unspecified atom stereocenters. The fraction of sp³-hybridized carbons (Fsp3) is 0.333. The molecule has 0 N–H and O–H groups in total. The molecule has 0 amide bonds. The summed E-state index contributed by atoms with van der Waals surface area (Å²) in [5.74, 6) is 0. The van der Waals surface area contributed by atoms with Crippen LogP contribution in [0.2, 0.25) is 9.26 Å². The molecule has 0 aliphatic heterocycles. The third kappa shape index (κ3) is 7.91. The summed E-state index contributed by atoms with van der Waals surface area (Å²) in [6.45, 7) is 35.5. The molecule has 8 rings (SSSR count). The van der Waals surface area contributed by atoms with Gasteiger partial charge in [0.2, 0.25) is 0 Å². The Balaban J connectivity index is 1.52. The van der Waals surface area contributed by atoms with Crippen LogP contribution in [0.4, 0.5) is 0 Å². The molecule has 6 aromatic carbocycles. The van der Waals surface area contributed by atoms with Crippen LogP contribution < -0.4 is 0 Å². The molecule has 6 aromatic rings. The van der Waals surface area contributed by atoms with Gasteiger partial charge in [0, 0.05) is 0 Å². The maximum atomic E-state index is 2.86. The second kappa shape index (κ2) is 15.3. The zero-order chi connectivity index (χ0) is 45.0. The first-order chi connectivity index (χ1) is 28.8. The van der Waals surface area contributed by atoms with Gasteiger partial charge in [0.15, 0.2) is 0 Å². The molecule has 0 radical (unpaired) electrons. The summed E-state index contributed by atoms with van der Waals surface area (Å²) in [7, 11) is 0. The Morgan fingerprint density at radius 3 is 0.839 bits per heavy atom. The van der Waals surface area contributed by atoms with Crippen molar-refractivity contribution in [2.24, 2.45) is 10.8 Å². The third-order valence-corrected chi connectivity index (χ3v) is 31.2. The Morgan fingerprint density at radius 1 is 0.371 bits per heavy atom. The fourth-order valence-corrected chi connectivity index (χ4v) is 31.5. The average molecular weight is 911 g/mol. The van der Waals surface area contributed by atoms with Gasteiger partial charge >= 0.3 is 380 Å². The summed E-state index contributed by atoms with van der Waals surface area (Å²) in [5.41, 5.74) is 30.6. The van der Waals surface area contributed by atoms with Gasteiger partial charge in [0.05, 0.1) is 0 Å². The van der Waals surface area contributed by atoms with E-state index in [0.717, 1.165) is 0 Å². The Kier molecular flexibility index (Phi) is 11.0. The van der Waals surface area contributed by atoms with Crippen molar-refractivity contribution in [2.75, 3.05) is 0 Å². The van der Waals surface area contributed by atoms with Crippen LogP contribution >= 0.6 is 0 Å². The molecule has 62 heavy (non-hydrogen) atoms. The second-order valence-corrected chi connectivity index (χ2v) is 53.5. The number of aryl methyl sites for hydroxylation is 8. The van der Waals surface area contributed by atoms with Crippen molar-refractivity contribution in [1.82, 2.24) is 0 Å². The predicted octanol–water partition coefficient (Wildman–Crippen LogP) is 16.8. The van der Waals surface area contributed by atoms with Crippen LogP contribution in [0, 0.1) is 66.2 Å². The maximum absolute atomic E-state index is 4.37. The Labute approximate surface area is 377 Å². The van der Waals surface area contributed by atoms with Gasteiger partial charge < -0.3 is 0 Å². The van der Waals surface area contributed by atoms with E-state index in [9.17, 15) is 0 Å². The number of hydrogen-bond acceptors (Lipinski definition) is 0. The molecule has 0 heterocycles. The normalized spacial score (nSPS) is 16.6. The van der Waals surface area contributed by atoms with Crippen molar-refractivity contribution in [2.45, 2.75) is 113 Å². The number of rotatable bonds is 6. The summed E-state index contributed by atoms with van der Waals surface area (Å²) in [6, 6.07) is 38.6. The van der Waals surface area contributed by atoms with E-state index >= 15 is 0 Å². The van der Waals surface area contributed by atoms with Gasteiger partial charge in [-0.05, 0) is 0 Å². The van der Waals surface area contributed by atoms with E-state index in [1.54, 1.807) is 22.3 Å². The summed E-state index contributed by atoms with van der Waals surface area (Å²) in [6.07, 6.45) is 5.39. The zero-order valence-corrected chi connectivity index (χ0v) is 44.6. The van der Waals surface area contributed by atoms with Crippen molar-refractivity contribution in [3.63, 3.8) is 0 Å². The molecule has 0 spiro atoms. The van der Waals surface area contributed by atoms with Crippen molar-refractivity contribution < 1.29 is 17.4 Å². The quantitative estimate of drug-likeness (QED) is 0.146. The summed E-state index contributed by atoms with van der Waals surface area (Å²) < 4.78 is 6.35. The van der Waals surface area contributed by atoms with E-state index in [0.29, 0.717) is 7.25 Å². The van der Waals surface area contributed by atoms with Gasteiger partial charge in [-0.1, -0.05) is 0 Å². The predicted molar refractivity (Wildman–Crippen MR) is 273 cm³/mol. The first-order valence-corrected chi connectivity index (χ1v) is 36.7. The van der Waals surface area contributed by atoms with E-state index < -0.39 is 17.4 Å². The van der Waals surface area contributed by atoms with Crippen LogP contribution in [0.25, 0.3) is 56.7 Å². The topological polar surface area (TPSA) is 0 Å². The van der Waals surface area contributed by atoms with Crippen molar-refractivity contribution in [3.05, 3.63) is 175 Å². The molecule has 318 valence electrons. The van der Waals surface area contributed by atoms with Crippen LogP contribution in [0.1, 0.15) is 116 Å². The molecule has 2 aliphatic carbocycles. The monoisotopic (exact) mass is 908 g/mol. The van der Waals surface area contributed by atoms with Crippen molar-refractivity contribution in [1.29, 1.82) is 0 Å². The van der Waals surface area contributed by atoms with Gasteiger partial charge in [-0.15, -0.1) is 0 Å². The molecule has 2 aliphatic rings. The minimum atomic E-state index is -4.37. The van der Waals surface area contributed by atoms with Crippen LogP contribution in [-0.4, -0.2) is 6.88 Å². The van der Waals surface area contributed by atoms with Crippen molar-refractivity contribution >= 4 is 19.0 Å². The molecular weight excluding hydrogens is 840 g/mol. The van der Waals surface area contributed by atoms with E-state index in [-0.39, 0.29) is 10.8 Å². The van der Waals surface area contributed by atoms with Gasteiger partial charge in [-0.25, -0.2) is 0 Å². The first kappa shape index (κ1) is 44.5. The summed E-state index contributed by atoms with van der Waals surface area (Å²) >= 11 is -4.37. The number of hydrogen-bond donors (Lipinski definition) is 0. The molecule has 0 fully saturated rings. The van der Waals surface area contributed by atoms with E-state index in [1.807, 2.05) is 0 Å². The summed E-state index contributed by atoms with van der Waals surface area (Å²) in [5, 5.41) is 0. The van der Waals surface area contributed by atoms with Crippen LogP contribution in [0.3, 0.4) is 0 Å². The Bertz CT molecular complexity index is 2700. The molecule has 0 bridgehead atoms. The van der Waals surface area contributed by atoms with Gasteiger partial charge in [-0.3, -0.25) is 0 Å². The van der Waals surface area contributed by atoms with Crippen LogP contribution in [-0.2, 0) is 17.4 Å². The van der Waals surface area contributed by atoms with Gasteiger partial charge in [-0.2, -0.15) is 0 Å². The first-order valence-electron chi connectivity index (χ1n) is 23.0. The molecule has 0 aromatic heterocycles. The van der Waals surface area contributed by atoms with Crippen molar-refractivity contribution in [3.8, 4) is 44.5 Å². The Morgan fingerprint density at radius 2 is 0.597 bits per heavy atom. The molecule has 2 atom stereocenters. The molecule has 2 heteroatoms. The molecular formula is C60H70SiZr. The van der Waals surface area contributed by atoms with E-state index in [4.69, 9.17) is 0 Å². The summed E-state index contributed by atoms with van der Waals surface area (Å²) in [4.78, 5) is 0. The average Bonchev–Trinajstić information content (AvgIpc) is 3.76. The molecule has 0 saturated carbocycles. The number of benzene rings is 6. The van der Waals surface area contributed by atoms with Gasteiger partial charge in [0.25, 0.3) is 0 Å².